The van der Waals surface area contributed by atoms with E-state index in [9.17, 15) is 4.79 Å². The Morgan fingerprint density at radius 3 is 2.32 bits per heavy atom. The van der Waals surface area contributed by atoms with E-state index in [4.69, 9.17) is 4.74 Å². The van der Waals surface area contributed by atoms with Crippen molar-refractivity contribution in [1.29, 1.82) is 0 Å². The normalized spacial score (nSPS) is 22.4. The zero-order valence-electron chi connectivity index (χ0n) is 14.8. The summed E-state index contributed by atoms with van der Waals surface area (Å²) in [5.74, 6) is 0.818. The molecular weight excluding hydrogens is 314 g/mol. The highest BCUT2D eigenvalue weighted by Gasteiger charge is 2.52. The van der Waals surface area contributed by atoms with Crippen molar-refractivity contribution < 1.29 is 9.53 Å². The molecular formula is C20H23N3O2. The number of carbonyl (C=O) groups is 1. The number of benzene rings is 2. The van der Waals surface area contributed by atoms with Crippen LogP contribution in [0.2, 0.25) is 0 Å². The second-order valence-electron chi connectivity index (χ2n) is 7.45. The van der Waals surface area contributed by atoms with Crippen LogP contribution in [0.3, 0.4) is 0 Å². The second-order valence-corrected chi connectivity index (χ2v) is 7.45. The monoisotopic (exact) mass is 337 g/mol. The fourth-order valence-corrected chi connectivity index (χ4v) is 3.77. The lowest BCUT2D eigenvalue weighted by molar-refractivity contribution is 0.0721. The Labute approximate surface area is 148 Å². The van der Waals surface area contributed by atoms with Crippen LogP contribution < -0.4 is 9.64 Å². The highest BCUT2D eigenvalue weighted by molar-refractivity contribution is 5.94. The molecule has 4 rings (SSSR count). The lowest BCUT2D eigenvalue weighted by Crippen LogP contribution is -2.35. The molecule has 2 saturated heterocycles. The van der Waals surface area contributed by atoms with E-state index in [2.05, 4.69) is 18.9 Å². The maximum absolute atomic E-state index is 13.2. The van der Waals surface area contributed by atoms with E-state index >= 15 is 0 Å². The topological polar surface area (TPSA) is 36.0 Å². The SMILES string of the molecule is COc1ccc([C@@H]2N(c3ccccc3)C(=O)N3CC(C)(C)CN23)cc1. The van der Waals surface area contributed by atoms with Gasteiger partial charge >= 0.3 is 6.03 Å². The van der Waals surface area contributed by atoms with Gasteiger partial charge in [-0.25, -0.2) is 4.79 Å². The van der Waals surface area contributed by atoms with Gasteiger partial charge in [0.15, 0.2) is 0 Å². The first-order valence-electron chi connectivity index (χ1n) is 8.56. The first kappa shape index (κ1) is 16.0. The Bertz CT molecular complexity index is 773. The molecule has 130 valence electrons. The minimum atomic E-state index is -0.136. The van der Waals surface area contributed by atoms with E-state index in [-0.39, 0.29) is 17.6 Å². The summed E-state index contributed by atoms with van der Waals surface area (Å²) in [7, 11) is 1.66. The van der Waals surface area contributed by atoms with Crippen molar-refractivity contribution in [3.63, 3.8) is 0 Å². The Hall–Kier alpha value is -2.53. The van der Waals surface area contributed by atoms with Gasteiger partial charge in [0.2, 0.25) is 0 Å². The number of amides is 2. The zero-order valence-corrected chi connectivity index (χ0v) is 14.8. The molecule has 2 aliphatic heterocycles. The van der Waals surface area contributed by atoms with Gasteiger partial charge in [-0.2, -0.15) is 5.01 Å². The molecule has 0 radical (unpaired) electrons. The molecule has 0 N–H and O–H groups in total. The minimum Gasteiger partial charge on any atom is -0.497 e. The number of methoxy groups -OCH3 is 1. The van der Waals surface area contributed by atoms with Gasteiger partial charge < -0.3 is 4.74 Å². The van der Waals surface area contributed by atoms with Gasteiger partial charge in [-0.15, -0.1) is 0 Å². The summed E-state index contributed by atoms with van der Waals surface area (Å²) in [6, 6.07) is 17.9. The Morgan fingerprint density at radius 1 is 1.00 bits per heavy atom. The molecule has 2 aromatic carbocycles. The fourth-order valence-electron chi connectivity index (χ4n) is 3.77. The number of urea groups is 1. The number of anilines is 1. The molecule has 2 heterocycles. The summed E-state index contributed by atoms with van der Waals surface area (Å²) in [5, 5.41) is 4.08. The molecule has 2 fully saturated rings. The number of hydrogen-bond acceptors (Lipinski definition) is 3. The summed E-state index contributed by atoms with van der Waals surface area (Å²) in [5.41, 5.74) is 2.09. The first-order chi connectivity index (χ1) is 12.0. The van der Waals surface area contributed by atoms with Gasteiger partial charge in [0.25, 0.3) is 0 Å². The molecule has 2 aromatic rings. The Morgan fingerprint density at radius 2 is 1.68 bits per heavy atom. The summed E-state index contributed by atoms with van der Waals surface area (Å²) in [6.07, 6.45) is -0.136. The van der Waals surface area contributed by atoms with Crippen molar-refractivity contribution in [2.75, 3.05) is 25.1 Å². The van der Waals surface area contributed by atoms with E-state index in [1.54, 1.807) is 7.11 Å². The smallest absolute Gasteiger partial charge is 0.340 e. The van der Waals surface area contributed by atoms with Crippen molar-refractivity contribution in [1.82, 2.24) is 10.0 Å². The zero-order chi connectivity index (χ0) is 17.6. The van der Waals surface area contributed by atoms with E-state index in [1.807, 2.05) is 64.5 Å². The second kappa shape index (κ2) is 5.77. The van der Waals surface area contributed by atoms with E-state index in [0.717, 1.165) is 30.1 Å². The highest BCUT2D eigenvalue weighted by atomic mass is 16.5. The molecule has 0 bridgehead atoms. The average Bonchev–Trinajstić information content (AvgIpc) is 3.07. The third-order valence-electron chi connectivity index (χ3n) is 4.88. The van der Waals surface area contributed by atoms with Gasteiger partial charge in [-0.1, -0.05) is 44.2 Å². The van der Waals surface area contributed by atoms with Gasteiger partial charge in [0.1, 0.15) is 11.9 Å². The summed E-state index contributed by atoms with van der Waals surface area (Å²) >= 11 is 0. The molecule has 0 aliphatic carbocycles. The van der Waals surface area contributed by atoms with Crippen LogP contribution in [0.5, 0.6) is 5.75 Å². The lowest BCUT2D eigenvalue weighted by atomic mass is 9.94. The van der Waals surface area contributed by atoms with Crippen molar-refractivity contribution in [2.24, 2.45) is 5.41 Å². The molecule has 5 heteroatoms. The molecule has 1 atom stereocenters. The molecule has 25 heavy (non-hydrogen) atoms. The molecule has 0 unspecified atom stereocenters. The van der Waals surface area contributed by atoms with Gasteiger partial charge in [-0.3, -0.25) is 9.91 Å². The van der Waals surface area contributed by atoms with Crippen molar-refractivity contribution >= 4 is 11.7 Å². The predicted molar refractivity (Wildman–Crippen MR) is 97.2 cm³/mol. The molecule has 5 nitrogen and oxygen atoms in total. The van der Waals surface area contributed by atoms with Gasteiger partial charge in [0.05, 0.1) is 7.11 Å². The van der Waals surface area contributed by atoms with Crippen LogP contribution in [0.15, 0.2) is 54.6 Å². The Balaban J connectivity index is 1.78. The van der Waals surface area contributed by atoms with Crippen LogP contribution >= 0.6 is 0 Å². The summed E-state index contributed by atoms with van der Waals surface area (Å²) < 4.78 is 5.28. The minimum absolute atomic E-state index is 0.0394. The van der Waals surface area contributed by atoms with Crippen LogP contribution in [0.4, 0.5) is 10.5 Å². The summed E-state index contributed by atoms with van der Waals surface area (Å²) in [6.45, 7) is 5.99. The molecule has 0 aromatic heterocycles. The number of fused-ring (bicyclic) bond motifs is 1. The molecule has 0 saturated carbocycles. The first-order valence-corrected chi connectivity index (χ1v) is 8.56. The largest absolute Gasteiger partial charge is 0.497 e. The van der Waals surface area contributed by atoms with Crippen molar-refractivity contribution in [3.8, 4) is 5.75 Å². The fraction of sp³-hybridized carbons (Fsp3) is 0.350. The quantitative estimate of drug-likeness (QED) is 0.852. The van der Waals surface area contributed by atoms with Crippen LogP contribution in [-0.4, -0.2) is 36.2 Å². The maximum Gasteiger partial charge on any atom is 0.340 e. The number of carbonyl (C=O) groups excluding carboxylic acids is 1. The van der Waals surface area contributed by atoms with Crippen molar-refractivity contribution in [3.05, 3.63) is 60.2 Å². The summed E-state index contributed by atoms with van der Waals surface area (Å²) in [4.78, 5) is 15.1. The molecule has 2 aliphatic rings. The van der Waals surface area contributed by atoms with Crippen molar-refractivity contribution in [2.45, 2.75) is 20.0 Å². The van der Waals surface area contributed by atoms with Crippen LogP contribution in [0, 0.1) is 5.41 Å². The number of ether oxygens (including phenoxy) is 1. The number of hydrazine groups is 1. The molecule has 2 amide bonds. The lowest BCUT2D eigenvalue weighted by Gasteiger charge is -2.29. The van der Waals surface area contributed by atoms with E-state index in [0.29, 0.717) is 0 Å². The van der Waals surface area contributed by atoms with Crippen LogP contribution in [0.1, 0.15) is 25.6 Å². The van der Waals surface area contributed by atoms with Crippen LogP contribution in [0.25, 0.3) is 0 Å². The third-order valence-corrected chi connectivity index (χ3v) is 4.88. The number of nitrogens with zero attached hydrogens (tertiary/aromatic N) is 3. The number of para-hydroxylation sites is 1. The molecule has 0 spiro atoms. The maximum atomic E-state index is 13.2. The van der Waals surface area contributed by atoms with Crippen LogP contribution in [-0.2, 0) is 0 Å². The van der Waals surface area contributed by atoms with Gasteiger partial charge in [0, 0.05) is 18.8 Å². The predicted octanol–water partition coefficient (Wildman–Crippen LogP) is 3.89. The van der Waals surface area contributed by atoms with Gasteiger partial charge in [-0.05, 0) is 35.2 Å². The standard InChI is InChI=1S/C20H23N3O2/c1-20(2)13-21-18(15-9-11-17(25-3)12-10-15)23(19(24)22(21)14-20)16-7-5-4-6-8-16/h4-12,18H,13-14H2,1-3H3/t18-/m0/s1. The number of hydrogen-bond donors (Lipinski definition) is 0. The van der Waals surface area contributed by atoms with E-state index < -0.39 is 0 Å². The average molecular weight is 337 g/mol. The van der Waals surface area contributed by atoms with E-state index in [1.165, 1.54) is 0 Å². The number of rotatable bonds is 3. The third kappa shape index (κ3) is 2.65. The highest BCUT2D eigenvalue weighted by Crippen LogP contribution is 2.44. The Kier molecular flexibility index (Phi) is 3.69.